The zero-order valence-corrected chi connectivity index (χ0v) is 17.8. The molecule has 0 amide bonds. The van der Waals surface area contributed by atoms with Gasteiger partial charge in [-0.05, 0) is 99.2 Å². The Morgan fingerprint density at radius 1 is 0.960 bits per heavy atom. The van der Waals surface area contributed by atoms with Gasteiger partial charge in [0.1, 0.15) is 5.78 Å². The molecule has 0 bridgehead atoms. The summed E-state index contributed by atoms with van der Waals surface area (Å²) in [6.07, 6.45) is 10.7. The van der Waals surface area contributed by atoms with Gasteiger partial charge in [-0.15, -0.1) is 0 Å². The van der Waals surface area contributed by atoms with Crippen molar-refractivity contribution < 1.29 is 9.90 Å². The minimum Gasteiger partial charge on any atom is -0.390 e. The van der Waals surface area contributed by atoms with Crippen molar-refractivity contribution in [1.29, 1.82) is 0 Å². The molecule has 0 aromatic heterocycles. The highest BCUT2D eigenvalue weighted by molar-refractivity contribution is 9.09. The summed E-state index contributed by atoms with van der Waals surface area (Å²) in [5.74, 6) is 3.81. The summed E-state index contributed by atoms with van der Waals surface area (Å²) in [5, 5.41) is 11.1. The maximum Gasteiger partial charge on any atom is 0.147 e. The van der Waals surface area contributed by atoms with Crippen LogP contribution in [0.25, 0.3) is 0 Å². The first-order valence-corrected chi connectivity index (χ1v) is 11.6. The van der Waals surface area contributed by atoms with Crippen molar-refractivity contribution in [3.63, 3.8) is 0 Å². The Kier molecular flexibility index (Phi) is 4.47. The Labute approximate surface area is 161 Å². The molecule has 4 saturated carbocycles. The number of fused-ring (bicyclic) bond motifs is 5. The summed E-state index contributed by atoms with van der Waals surface area (Å²) in [5.41, 5.74) is 0.223. The lowest BCUT2D eigenvalue weighted by Crippen LogP contribution is -2.55. The van der Waals surface area contributed by atoms with Crippen molar-refractivity contribution in [3.05, 3.63) is 0 Å². The summed E-state index contributed by atoms with van der Waals surface area (Å²) in [6, 6.07) is 0. The number of aliphatic hydroxyl groups is 1. The second-order valence-electron chi connectivity index (χ2n) is 10.6. The van der Waals surface area contributed by atoms with Crippen molar-refractivity contribution in [2.45, 2.75) is 84.2 Å². The molecule has 0 saturated heterocycles. The minimum absolute atomic E-state index is 0.245. The molecule has 25 heavy (non-hydrogen) atoms. The zero-order chi connectivity index (χ0) is 18.0. The van der Waals surface area contributed by atoms with E-state index in [9.17, 15) is 9.90 Å². The average molecular weight is 411 g/mol. The molecule has 0 heterocycles. The van der Waals surface area contributed by atoms with Gasteiger partial charge in [-0.2, -0.15) is 0 Å². The number of Topliss-reactive ketones (excluding diaryl/α,β-unsaturated/α-hetero) is 1. The first-order valence-electron chi connectivity index (χ1n) is 10.5. The highest BCUT2D eigenvalue weighted by Gasteiger charge is 2.61. The van der Waals surface area contributed by atoms with E-state index in [1.807, 2.05) is 6.92 Å². The van der Waals surface area contributed by atoms with Crippen LogP contribution in [0.4, 0.5) is 0 Å². The third-order valence-electron chi connectivity index (χ3n) is 9.47. The molecule has 4 aliphatic rings. The second kappa shape index (κ2) is 6.06. The number of hydrogen-bond donors (Lipinski definition) is 1. The van der Waals surface area contributed by atoms with Gasteiger partial charge in [0.2, 0.25) is 0 Å². The molecule has 0 unspecified atom stereocenters. The van der Waals surface area contributed by atoms with Crippen molar-refractivity contribution in [1.82, 2.24) is 0 Å². The quantitative estimate of drug-likeness (QED) is 0.621. The van der Waals surface area contributed by atoms with Gasteiger partial charge in [0.05, 0.1) is 10.9 Å². The van der Waals surface area contributed by atoms with Crippen molar-refractivity contribution in [2.24, 2.45) is 40.4 Å². The first-order chi connectivity index (χ1) is 11.7. The minimum atomic E-state index is -0.444. The summed E-state index contributed by atoms with van der Waals surface area (Å²) >= 11 is 3.43. The monoisotopic (exact) mass is 410 g/mol. The maximum absolute atomic E-state index is 12.5. The Balaban J connectivity index is 1.59. The summed E-state index contributed by atoms with van der Waals surface area (Å²) < 4.78 is 0. The van der Waals surface area contributed by atoms with E-state index in [1.165, 1.54) is 38.5 Å². The molecule has 142 valence electrons. The van der Waals surface area contributed by atoms with Crippen LogP contribution in [0.1, 0.15) is 78.6 Å². The number of alkyl halides is 1. The van der Waals surface area contributed by atoms with Crippen LogP contribution in [0.5, 0.6) is 0 Å². The van der Waals surface area contributed by atoms with Crippen LogP contribution in [0.2, 0.25) is 0 Å². The van der Waals surface area contributed by atoms with Crippen molar-refractivity contribution in [2.75, 3.05) is 5.33 Å². The van der Waals surface area contributed by atoms with E-state index in [0.717, 1.165) is 37.0 Å². The smallest absolute Gasteiger partial charge is 0.147 e. The number of hydrogen-bond acceptors (Lipinski definition) is 2. The van der Waals surface area contributed by atoms with Crippen LogP contribution < -0.4 is 0 Å². The summed E-state index contributed by atoms with van der Waals surface area (Å²) in [6.45, 7) is 7.03. The molecule has 0 aromatic rings. The Hall–Kier alpha value is 0.110. The van der Waals surface area contributed by atoms with E-state index >= 15 is 0 Å². The summed E-state index contributed by atoms with van der Waals surface area (Å²) in [4.78, 5) is 12.5. The van der Waals surface area contributed by atoms with Crippen molar-refractivity contribution >= 4 is 21.7 Å². The fourth-order valence-corrected chi connectivity index (χ4v) is 8.44. The van der Waals surface area contributed by atoms with Gasteiger partial charge < -0.3 is 5.11 Å². The van der Waals surface area contributed by atoms with Crippen LogP contribution >= 0.6 is 15.9 Å². The largest absolute Gasteiger partial charge is 0.390 e. The number of carbonyl (C=O) groups excluding carboxylic acids is 1. The molecule has 0 aromatic carbocycles. The normalized spacial score (nSPS) is 55.2. The predicted molar refractivity (Wildman–Crippen MR) is 105 cm³/mol. The average Bonchev–Trinajstić information content (AvgIpc) is 2.92. The van der Waals surface area contributed by atoms with E-state index in [1.54, 1.807) is 0 Å². The number of ketones is 1. The highest BCUT2D eigenvalue weighted by Crippen LogP contribution is 2.68. The molecule has 3 heteroatoms. The van der Waals surface area contributed by atoms with Gasteiger partial charge in [-0.25, -0.2) is 0 Å². The third kappa shape index (κ3) is 2.70. The lowest BCUT2D eigenvalue weighted by atomic mass is 9.44. The van der Waals surface area contributed by atoms with E-state index in [0.29, 0.717) is 22.4 Å². The van der Waals surface area contributed by atoms with Gasteiger partial charge in [0, 0.05) is 5.92 Å². The lowest BCUT2D eigenvalue weighted by Gasteiger charge is -2.61. The summed E-state index contributed by atoms with van der Waals surface area (Å²) in [7, 11) is 0. The fourth-order valence-electron chi connectivity index (χ4n) is 8.05. The lowest BCUT2D eigenvalue weighted by molar-refractivity contribution is -0.150. The standard InChI is InChI=1S/C22H35BrO2/c1-20(25)10-11-21(2)14(12-20)4-5-15-16-6-7-18(19(24)13-23)22(16,3)9-8-17(15)21/h14-18,25H,4-13H2,1-3H3/t14-,15-,16-,17+,18+,20-,21+,22-/m0/s1. The predicted octanol–water partition coefficient (Wildman–Crippen LogP) is 5.36. The van der Waals surface area contributed by atoms with Crippen LogP contribution in [0, 0.1) is 40.4 Å². The molecule has 4 rings (SSSR count). The van der Waals surface area contributed by atoms with Crippen LogP contribution in [-0.2, 0) is 4.79 Å². The molecule has 4 fully saturated rings. The molecule has 0 aliphatic heterocycles. The van der Waals surface area contributed by atoms with Gasteiger partial charge in [-0.3, -0.25) is 4.79 Å². The molecular weight excluding hydrogens is 376 g/mol. The topological polar surface area (TPSA) is 37.3 Å². The fraction of sp³-hybridized carbons (Fsp3) is 0.955. The molecular formula is C22H35BrO2. The molecule has 4 aliphatic carbocycles. The van der Waals surface area contributed by atoms with Gasteiger partial charge in [0.15, 0.2) is 0 Å². The van der Waals surface area contributed by atoms with E-state index in [-0.39, 0.29) is 11.3 Å². The van der Waals surface area contributed by atoms with Gasteiger partial charge in [-0.1, -0.05) is 29.8 Å². The Bertz CT molecular complexity index is 558. The van der Waals surface area contributed by atoms with E-state index in [2.05, 4.69) is 29.8 Å². The zero-order valence-electron chi connectivity index (χ0n) is 16.2. The molecule has 2 nitrogen and oxygen atoms in total. The SMILES string of the molecule is C[C@]1(O)CC[C@]2(C)[C@@H](CC[C@@H]3[C@H]2CC[C@]2(C)[C@@H](C(=O)CBr)CC[C@@H]32)C1. The van der Waals surface area contributed by atoms with E-state index in [4.69, 9.17) is 0 Å². The highest BCUT2D eigenvalue weighted by atomic mass is 79.9. The number of carbonyl (C=O) groups is 1. The van der Waals surface area contributed by atoms with Crippen molar-refractivity contribution in [3.8, 4) is 0 Å². The Morgan fingerprint density at radius 3 is 2.40 bits per heavy atom. The second-order valence-corrected chi connectivity index (χ2v) is 11.2. The third-order valence-corrected chi connectivity index (χ3v) is 10.0. The first kappa shape index (κ1) is 18.5. The number of halogens is 1. The molecule has 0 spiro atoms. The molecule has 1 N–H and O–H groups in total. The van der Waals surface area contributed by atoms with Gasteiger partial charge in [0.25, 0.3) is 0 Å². The van der Waals surface area contributed by atoms with Crippen LogP contribution in [-0.4, -0.2) is 21.8 Å². The van der Waals surface area contributed by atoms with Crippen LogP contribution in [0.3, 0.4) is 0 Å². The van der Waals surface area contributed by atoms with Crippen LogP contribution in [0.15, 0.2) is 0 Å². The van der Waals surface area contributed by atoms with E-state index < -0.39 is 5.60 Å². The molecule has 0 radical (unpaired) electrons. The molecule has 8 atom stereocenters. The van der Waals surface area contributed by atoms with Gasteiger partial charge >= 0.3 is 0 Å². The number of rotatable bonds is 2. The Morgan fingerprint density at radius 2 is 1.68 bits per heavy atom. The maximum atomic E-state index is 12.5.